The third kappa shape index (κ3) is 2.83. The molecule has 0 aliphatic rings. The number of anilines is 1. The molecule has 0 aliphatic carbocycles. The number of thiazole rings is 1. The fourth-order valence-electron chi connectivity index (χ4n) is 2.26. The van der Waals surface area contributed by atoms with Gasteiger partial charge in [-0.05, 0) is 40.2 Å². The third-order valence-electron chi connectivity index (χ3n) is 3.37. The van der Waals surface area contributed by atoms with Crippen LogP contribution in [0.1, 0.15) is 10.6 Å². The van der Waals surface area contributed by atoms with Crippen molar-refractivity contribution in [1.82, 2.24) is 9.97 Å². The zero-order valence-corrected chi connectivity index (χ0v) is 14.6. The predicted octanol–water partition coefficient (Wildman–Crippen LogP) is 4.97. The van der Waals surface area contributed by atoms with Gasteiger partial charge >= 0.3 is 0 Å². The fraction of sp³-hybridized carbons (Fsp3) is 0. The Bertz CT molecular complexity index is 1030. The molecule has 7 heteroatoms. The van der Waals surface area contributed by atoms with Gasteiger partial charge in [0, 0.05) is 17.0 Å². The fourth-order valence-corrected chi connectivity index (χ4v) is 3.42. The van der Waals surface area contributed by atoms with Crippen LogP contribution in [0.2, 0.25) is 0 Å². The molecule has 3 aromatic heterocycles. The molecule has 4 rings (SSSR count). The van der Waals surface area contributed by atoms with Gasteiger partial charge in [0.15, 0.2) is 10.9 Å². The summed E-state index contributed by atoms with van der Waals surface area (Å²) in [5.41, 5.74) is 2.14. The van der Waals surface area contributed by atoms with Crippen LogP contribution >= 0.6 is 27.3 Å². The Morgan fingerprint density at radius 2 is 2.08 bits per heavy atom. The molecule has 1 aromatic carbocycles. The van der Waals surface area contributed by atoms with E-state index < -0.39 is 0 Å². The number of nitrogens with zero attached hydrogens (tertiary/aromatic N) is 2. The van der Waals surface area contributed by atoms with Crippen molar-refractivity contribution in [3.63, 3.8) is 0 Å². The van der Waals surface area contributed by atoms with Gasteiger partial charge in [-0.15, -0.1) is 11.3 Å². The number of rotatable bonds is 3. The number of carbonyl (C=O) groups is 1. The zero-order chi connectivity index (χ0) is 16.5. The smallest absolute Gasteiger partial charge is 0.293 e. The Morgan fingerprint density at radius 1 is 1.17 bits per heavy atom. The minimum Gasteiger partial charge on any atom is -0.450 e. The van der Waals surface area contributed by atoms with Crippen LogP contribution in [0.4, 0.5) is 5.13 Å². The summed E-state index contributed by atoms with van der Waals surface area (Å²) in [6.45, 7) is 0. The van der Waals surface area contributed by atoms with E-state index in [1.165, 1.54) is 11.3 Å². The van der Waals surface area contributed by atoms with E-state index in [4.69, 9.17) is 4.42 Å². The summed E-state index contributed by atoms with van der Waals surface area (Å²) < 4.78 is 6.44. The van der Waals surface area contributed by atoms with Gasteiger partial charge in [-0.2, -0.15) is 0 Å². The zero-order valence-electron chi connectivity index (χ0n) is 12.2. The second kappa shape index (κ2) is 6.18. The normalized spacial score (nSPS) is 10.9. The first-order valence-electron chi connectivity index (χ1n) is 7.07. The van der Waals surface area contributed by atoms with E-state index in [0.29, 0.717) is 10.7 Å². The maximum absolute atomic E-state index is 12.4. The Morgan fingerprint density at radius 3 is 2.88 bits per heavy atom. The van der Waals surface area contributed by atoms with E-state index in [2.05, 4.69) is 31.2 Å². The van der Waals surface area contributed by atoms with Gasteiger partial charge in [0.25, 0.3) is 5.91 Å². The highest BCUT2D eigenvalue weighted by Crippen LogP contribution is 2.28. The van der Waals surface area contributed by atoms with E-state index in [-0.39, 0.29) is 11.7 Å². The standard InChI is InChI=1S/C17H10BrN3O2S/c18-11-5-3-4-10-8-14(23-15(10)11)16(22)21-17-20-13(9-24-17)12-6-1-2-7-19-12/h1-9H,(H,20,21,22). The van der Waals surface area contributed by atoms with Crippen molar-refractivity contribution in [2.75, 3.05) is 5.32 Å². The van der Waals surface area contributed by atoms with Crippen LogP contribution in [0.15, 0.2) is 62.9 Å². The average molecular weight is 400 g/mol. The molecule has 3 heterocycles. The first-order chi connectivity index (χ1) is 11.7. The molecule has 0 aliphatic heterocycles. The number of hydrogen-bond donors (Lipinski definition) is 1. The second-order valence-corrected chi connectivity index (χ2v) is 6.69. The number of amides is 1. The van der Waals surface area contributed by atoms with Gasteiger partial charge in [0.05, 0.1) is 10.2 Å². The lowest BCUT2D eigenvalue weighted by Crippen LogP contribution is -2.10. The number of nitrogens with one attached hydrogen (secondary N) is 1. The molecule has 1 N–H and O–H groups in total. The van der Waals surface area contributed by atoms with Gasteiger partial charge in [-0.3, -0.25) is 15.1 Å². The molecule has 0 saturated heterocycles. The maximum atomic E-state index is 12.4. The number of para-hydroxylation sites is 1. The van der Waals surface area contributed by atoms with Gasteiger partial charge in [0.1, 0.15) is 11.3 Å². The Labute approximate surface area is 149 Å². The first-order valence-corrected chi connectivity index (χ1v) is 8.74. The van der Waals surface area contributed by atoms with Crippen LogP contribution in [0.3, 0.4) is 0 Å². The number of furan rings is 1. The van der Waals surface area contributed by atoms with Crippen molar-refractivity contribution in [3.05, 3.63) is 64.3 Å². The monoisotopic (exact) mass is 399 g/mol. The van der Waals surface area contributed by atoms with Crippen molar-refractivity contribution in [1.29, 1.82) is 0 Å². The third-order valence-corrected chi connectivity index (χ3v) is 4.75. The second-order valence-electron chi connectivity index (χ2n) is 4.98. The van der Waals surface area contributed by atoms with Crippen molar-refractivity contribution < 1.29 is 9.21 Å². The first kappa shape index (κ1) is 15.0. The van der Waals surface area contributed by atoms with Gasteiger partial charge in [-0.1, -0.05) is 18.2 Å². The summed E-state index contributed by atoms with van der Waals surface area (Å²) in [6, 6.07) is 13.0. The number of fused-ring (bicyclic) bond motifs is 1. The van der Waals surface area contributed by atoms with Gasteiger partial charge in [-0.25, -0.2) is 4.98 Å². The summed E-state index contributed by atoms with van der Waals surface area (Å²) in [5, 5.41) is 5.98. The topological polar surface area (TPSA) is 68.0 Å². The molecule has 0 bridgehead atoms. The summed E-state index contributed by atoms with van der Waals surface area (Å²) in [7, 11) is 0. The molecule has 0 unspecified atom stereocenters. The molecule has 24 heavy (non-hydrogen) atoms. The quantitative estimate of drug-likeness (QED) is 0.528. The molecule has 0 fully saturated rings. The highest BCUT2D eigenvalue weighted by molar-refractivity contribution is 9.10. The highest BCUT2D eigenvalue weighted by atomic mass is 79.9. The van der Waals surface area contributed by atoms with E-state index >= 15 is 0 Å². The van der Waals surface area contributed by atoms with Crippen molar-refractivity contribution in [2.45, 2.75) is 0 Å². The summed E-state index contributed by atoms with van der Waals surface area (Å²) in [4.78, 5) is 21.0. The molecule has 4 aromatic rings. The highest BCUT2D eigenvalue weighted by Gasteiger charge is 2.15. The minimum absolute atomic E-state index is 0.242. The van der Waals surface area contributed by atoms with Crippen LogP contribution in [0.25, 0.3) is 22.4 Å². The Hall–Kier alpha value is -2.51. The Balaban J connectivity index is 1.57. The SMILES string of the molecule is O=C(Nc1nc(-c2ccccn2)cs1)c1cc2cccc(Br)c2o1. The van der Waals surface area contributed by atoms with Crippen LogP contribution < -0.4 is 5.32 Å². The summed E-state index contributed by atoms with van der Waals surface area (Å²) in [5.74, 6) is -0.0912. The van der Waals surface area contributed by atoms with E-state index in [0.717, 1.165) is 21.2 Å². The van der Waals surface area contributed by atoms with Crippen molar-refractivity contribution in [2.24, 2.45) is 0 Å². The number of benzene rings is 1. The molecule has 0 spiro atoms. The van der Waals surface area contributed by atoms with Crippen molar-refractivity contribution in [3.8, 4) is 11.4 Å². The van der Waals surface area contributed by atoms with Crippen LogP contribution in [-0.4, -0.2) is 15.9 Å². The lowest BCUT2D eigenvalue weighted by molar-refractivity contribution is 0.0998. The van der Waals surface area contributed by atoms with Crippen LogP contribution in [0, 0.1) is 0 Å². The Kier molecular flexibility index (Phi) is 3.87. The predicted molar refractivity (Wildman–Crippen MR) is 97.2 cm³/mol. The van der Waals surface area contributed by atoms with Gasteiger partial charge in [0.2, 0.25) is 0 Å². The van der Waals surface area contributed by atoms with Crippen LogP contribution in [-0.2, 0) is 0 Å². The van der Waals surface area contributed by atoms with Gasteiger partial charge < -0.3 is 4.42 Å². The molecule has 0 radical (unpaired) electrons. The molecule has 118 valence electrons. The molecule has 5 nitrogen and oxygen atoms in total. The minimum atomic E-state index is -0.333. The molecular formula is C17H10BrN3O2S. The lowest BCUT2D eigenvalue weighted by Gasteiger charge is -1.97. The number of hydrogen-bond acceptors (Lipinski definition) is 5. The lowest BCUT2D eigenvalue weighted by atomic mass is 10.2. The number of carbonyl (C=O) groups excluding carboxylic acids is 1. The van der Waals surface area contributed by atoms with Crippen molar-refractivity contribution >= 4 is 49.3 Å². The number of pyridine rings is 1. The number of aromatic nitrogens is 2. The molecule has 1 amide bonds. The van der Waals surface area contributed by atoms with E-state index in [9.17, 15) is 4.79 Å². The average Bonchev–Trinajstić information content (AvgIpc) is 3.23. The molecular weight excluding hydrogens is 390 g/mol. The number of halogens is 1. The summed E-state index contributed by atoms with van der Waals surface area (Å²) in [6.07, 6.45) is 1.71. The molecule has 0 atom stereocenters. The van der Waals surface area contributed by atoms with E-state index in [1.54, 1.807) is 12.3 Å². The maximum Gasteiger partial charge on any atom is 0.293 e. The van der Waals surface area contributed by atoms with Crippen LogP contribution in [0.5, 0.6) is 0 Å². The molecule has 0 saturated carbocycles. The summed E-state index contributed by atoms with van der Waals surface area (Å²) >= 11 is 4.76. The van der Waals surface area contributed by atoms with E-state index in [1.807, 2.05) is 41.8 Å². The largest absolute Gasteiger partial charge is 0.450 e.